The lowest BCUT2D eigenvalue weighted by atomic mass is 10.0. The summed E-state index contributed by atoms with van der Waals surface area (Å²) >= 11 is 0. The number of hydrogen-bond donors (Lipinski definition) is 1. The van der Waals surface area contributed by atoms with Crippen LogP contribution in [0.25, 0.3) is 0 Å². The molecule has 2 aromatic rings. The summed E-state index contributed by atoms with van der Waals surface area (Å²) in [6, 6.07) is 0.214. The Kier molecular flexibility index (Phi) is 3.23. The lowest BCUT2D eigenvalue weighted by Gasteiger charge is -2.15. The molecule has 2 heterocycles. The Labute approximate surface area is 101 Å². The average molecular weight is 234 g/mol. The van der Waals surface area contributed by atoms with Crippen molar-refractivity contribution >= 4 is 0 Å². The van der Waals surface area contributed by atoms with Crippen molar-refractivity contribution in [2.45, 2.75) is 19.4 Å². The molecule has 2 rings (SSSR count). The maximum Gasteiger partial charge on any atom is 0.138 e. The Bertz CT molecular complexity index is 498. The van der Waals surface area contributed by atoms with Crippen molar-refractivity contribution in [3.05, 3.63) is 29.6 Å². The monoisotopic (exact) mass is 234 g/mol. The molecule has 0 amide bonds. The van der Waals surface area contributed by atoms with Gasteiger partial charge in [0, 0.05) is 37.8 Å². The minimum absolute atomic E-state index is 0.214. The zero-order valence-corrected chi connectivity index (χ0v) is 10.7. The second-order valence-electron chi connectivity index (χ2n) is 4.15. The normalized spacial score (nSPS) is 12.9. The topological polar surface area (TPSA) is 60.6 Å². The summed E-state index contributed by atoms with van der Waals surface area (Å²) in [7, 11) is 5.81. The van der Waals surface area contributed by atoms with Crippen LogP contribution in [0, 0.1) is 6.92 Å². The van der Waals surface area contributed by atoms with Gasteiger partial charge < -0.3 is 5.32 Å². The van der Waals surface area contributed by atoms with Crippen LogP contribution in [0.5, 0.6) is 0 Å². The highest BCUT2D eigenvalue weighted by atomic mass is 15.3. The van der Waals surface area contributed by atoms with E-state index in [4.69, 9.17) is 0 Å². The Balaban J connectivity index is 2.23. The van der Waals surface area contributed by atoms with E-state index in [-0.39, 0.29) is 6.04 Å². The number of rotatable bonds is 4. The number of hydrogen-bond acceptors (Lipinski definition) is 4. The Morgan fingerprint density at radius 2 is 2.06 bits per heavy atom. The van der Waals surface area contributed by atoms with Gasteiger partial charge in [0.25, 0.3) is 0 Å². The standard InChI is InChI=1S/C11H18N6/c1-8-9(6-14-16(8)3)10(12-2)5-11-13-7-15-17(11)4/h6-7,10,12H,5H2,1-4H3. The zero-order valence-electron chi connectivity index (χ0n) is 10.7. The maximum atomic E-state index is 4.27. The second-order valence-corrected chi connectivity index (χ2v) is 4.15. The summed E-state index contributed by atoms with van der Waals surface area (Å²) in [6.07, 6.45) is 4.30. The highest BCUT2D eigenvalue weighted by Crippen LogP contribution is 2.19. The van der Waals surface area contributed by atoms with Gasteiger partial charge in [0.05, 0.1) is 6.20 Å². The van der Waals surface area contributed by atoms with Crippen LogP contribution in [-0.2, 0) is 20.5 Å². The van der Waals surface area contributed by atoms with Crippen LogP contribution in [0.2, 0.25) is 0 Å². The first-order chi connectivity index (χ1) is 8.13. The smallest absolute Gasteiger partial charge is 0.138 e. The van der Waals surface area contributed by atoms with E-state index in [1.165, 1.54) is 11.3 Å². The van der Waals surface area contributed by atoms with Crippen LogP contribution in [-0.4, -0.2) is 31.6 Å². The summed E-state index contributed by atoms with van der Waals surface area (Å²) in [4.78, 5) is 4.25. The van der Waals surface area contributed by atoms with Crippen LogP contribution >= 0.6 is 0 Å². The van der Waals surface area contributed by atoms with Crippen molar-refractivity contribution in [1.29, 1.82) is 0 Å². The third kappa shape index (κ3) is 2.21. The molecule has 0 radical (unpaired) electrons. The van der Waals surface area contributed by atoms with Crippen LogP contribution in [0.1, 0.15) is 23.1 Å². The largest absolute Gasteiger partial charge is 0.313 e. The van der Waals surface area contributed by atoms with E-state index in [9.17, 15) is 0 Å². The molecule has 0 saturated heterocycles. The molecule has 0 aromatic carbocycles. The molecule has 0 fully saturated rings. The lowest BCUT2D eigenvalue weighted by Crippen LogP contribution is -2.21. The van der Waals surface area contributed by atoms with Crippen molar-refractivity contribution in [2.75, 3.05) is 7.05 Å². The average Bonchev–Trinajstić information content (AvgIpc) is 2.85. The van der Waals surface area contributed by atoms with Gasteiger partial charge in [0.2, 0.25) is 0 Å². The van der Waals surface area contributed by atoms with E-state index >= 15 is 0 Å². The van der Waals surface area contributed by atoms with E-state index in [1.54, 1.807) is 11.0 Å². The van der Waals surface area contributed by atoms with E-state index in [0.717, 1.165) is 12.2 Å². The summed E-state index contributed by atoms with van der Waals surface area (Å²) < 4.78 is 3.69. The molecule has 92 valence electrons. The van der Waals surface area contributed by atoms with Gasteiger partial charge in [0.15, 0.2) is 0 Å². The van der Waals surface area contributed by atoms with Crippen LogP contribution < -0.4 is 5.32 Å². The fraction of sp³-hybridized carbons (Fsp3) is 0.545. The van der Waals surface area contributed by atoms with Crippen molar-refractivity contribution in [2.24, 2.45) is 14.1 Å². The molecule has 2 aromatic heterocycles. The SMILES string of the molecule is CNC(Cc1ncnn1C)c1cnn(C)c1C. The lowest BCUT2D eigenvalue weighted by molar-refractivity contribution is 0.549. The molecule has 0 aliphatic carbocycles. The molecule has 6 nitrogen and oxygen atoms in total. The molecule has 0 bridgehead atoms. The molecule has 1 unspecified atom stereocenters. The number of likely N-dealkylation sites (N-methyl/N-ethyl adjacent to an activating group) is 1. The highest BCUT2D eigenvalue weighted by molar-refractivity contribution is 5.21. The van der Waals surface area contributed by atoms with Gasteiger partial charge >= 0.3 is 0 Å². The third-order valence-corrected chi connectivity index (χ3v) is 3.19. The van der Waals surface area contributed by atoms with Gasteiger partial charge in [-0.3, -0.25) is 9.36 Å². The summed E-state index contributed by atoms with van der Waals surface area (Å²) in [5, 5.41) is 11.7. The molecule has 1 atom stereocenters. The number of aromatic nitrogens is 5. The molecule has 0 aliphatic heterocycles. The van der Waals surface area contributed by atoms with E-state index in [0.29, 0.717) is 0 Å². The summed E-state index contributed by atoms with van der Waals surface area (Å²) in [5.74, 6) is 0.965. The predicted octanol–water partition coefficient (Wildman–Crippen LogP) is 0.360. The van der Waals surface area contributed by atoms with Crippen molar-refractivity contribution in [3.8, 4) is 0 Å². The first-order valence-corrected chi connectivity index (χ1v) is 5.62. The fourth-order valence-corrected chi connectivity index (χ4v) is 1.91. The Morgan fingerprint density at radius 3 is 2.53 bits per heavy atom. The second kappa shape index (κ2) is 4.67. The Hall–Kier alpha value is -1.69. The van der Waals surface area contributed by atoms with Crippen molar-refractivity contribution in [1.82, 2.24) is 29.9 Å². The maximum absolute atomic E-state index is 4.27. The third-order valence-electron chi connectivity index (χ3n) is 3.19. The molecular formula is C11H18N6. The van der Waals surface area contributed by atoms with Gasteiger partial charge in [-0.15, -0.1) is 0 Å². The first-order valence-electron chi connectivity index (χ1n) is 5.62. The first kappa shape index (κ1) is 11.8. The van der Waals surface area contributed by atoms with E-state index in [2.05, 4.69) is 27.4 Å². The summed E-state index contributed by atoms with van der Waals surface area (Å²) in [5.41, 5.74) is 2.38. The van der Waals surface area contributed by atoms with Gasteiger partial charge in [-0.1, -0.05) is 0 Å². The van der Waals surface area contributed by atoms with Gasteiger partial charge in [-0.25, -0.2) is 4.98 Å². The Morgan fingerprint density at radius 1 is 1.29 bits per heavy atom. The summed E-state index contributed by atoms with van der Waals surface area (Å²) in [6.45, 7) is 2.07. The predicted molar refractivity (Wildman–Crippen MR) is 64.5 cm³/mol. The molecule has 0 spiro atoms. The number of nitrogens with zero attached hydrogens (tertiary/aromatic N) is 5. The number of aryl methyl sites for hydroxylation is 2. The fourth-order valence-electron chi connectivity index (χ4n) is 1.91. The minimum Gasteiger partial charge on any atom is -0.313 e. The van der Waals surface area contributed by atoms with Crippen molar-refractivity contribution in [3.63, 3.8) is 0 Å². The minimum atomic E-state index is 0.214. The van der Waals surface area contributed by atoms with Crippen LogP contribution in [0.3, 0.4) is 0 Å². The van der Waals surface area contributed by atoms with Crippen LogP contribution in [0.4, 0.5) is 0 Å². The van der Waals surface area contributed by atoms with E-state index in [1.807, 2.05) is 32.0 Å². The van der Waals surface area contributed by atoms with Crippen LogP contribution in [0.15, 0.2) is 12.5 Å². The van der Waals surface area contributed by atoms with Gasteiger partial charge in [-0.05, 0) is 14.0 Å². The molecule has 0 aliphatic rings. The molecule has 0 saturated carbocycles. The highest BCUT2D eigenvalue weighted by Gasteiger charge is 2.17. The molecule has 1 N–H and O–H groups in total. The quantitative estimate of drug-likeness (QED) is 0.830. The van der Waals surface area contributed by atoms with Crippen molar-refractivity contribution < 1.29 is 0 Å². The molecule has 6 heteroatoms. The van der Waals surface area contributed by atoms with Gasteiger partial charge in [0.1, 0.15) is 12.2 Å². The molecular weight excluding hydrogens is 216 g/mol. The van der Waals surface area contributed by atoms with E-state index < -0.39 is 0 Å². The molecule has 17 heavy (non-hydrogen) atoms. The zero-order chi connectivity index (χ0) is 12.4. The van der Waals surface area contributed by atoms with Gasteiger partial charge in [-0.2, -0.15) is 10.2 Å². The number of nitrogens with one attached hydrogen (secondary N) is 1.